The van der Waals surface area contributed by atoms with Crippen molar-refractivity contribution in [2.45, 2.75) is 25.5 Å². The van der Waals surface area contributed by atoms with E-state index in [2.05, 4.69) is 17.0 Å². The van der Waals surface area contributed by atoms with Gasteiger partial charge in [-0.15, -0.1) is 12.4 Å². The van der Waals surface area contributed by atoms with Crippen molar-refractivity contribution in [2.24, 2.45) is 0 Å². The summed E-state index contributed by atoms with van der Waals surface area (Å²) in [6, 6.07) is 15.8. The topological polar surface area (TPSA) is 90.2 Å². The van der Waals surface area contributed by atoms with E-state index in [-0.39, 0.29) is 44.4 Å². The van der Waals surface area contributed by atoms with Gasteiger partial charge in [0.25, 0.3) is 0 Å². The molecule has 2 aromatic carbocycles. The Labute approximate surface area is 194 Å². The SMILES string of the molecule is COC(=O)COc1ccc(CC(C)NCC(OCCO)c2occ3ccccc23)cc1.Cl. The molecule has 1 aromatic heterocycles. The highest BCUT2D eigenvalue weighted by Crippen LogP contribution is 2.28. The minimum Gasteiger partial charge on any atom is -0.482 e. The van der Waals surface area contributed by atoms with Gasteiger partial charge < -0.3 is 29.1 Å². The Bertz CT molecular complexity index is 959. The number of nitrogens with one attached hydrogen (secondary N) is 1. The van der Waals surface area contributed by atoms with Crippen LogP contribution in [0.25, 0.3) is 10.8 Å². The summed E-state index contributed by atoms with van der Waals surface area (Å²) < 4.78 is 21.6. The molecule has 0 aliphatic heterocycles. The lowest BCUT2D eigenvalue weighted by atomic mass is 10.1. The van der Waals surface area contributed by atoms with Crippen molar-refractivity contribution in [3.8, 4) is 5.75 Å². The number of ether oxygens (including phenoxy) is 3. The van der Waals surface area contributed by atoms with Crippen molar-refractivity contribution in [2.75, 3.05) is 33.5 Å². The molecule has 174 valence electrons. The standard InChI is InChI=1S/C24H29NO6.ClH/c1-17(13-18-7-9-20(10-8-18)30-16-23(27)28-2)25-14-22(29-12-11-26)24-21-6-4-3-5-19(21)15-31-24;/h3-10,15,17,22,25-26H,11-14,16H2,1-2H3;1H. The summed E-state index contributed by atoms with van der Waals surface area (Å²) in [7, 11) is 1.33. The van der Waals surface area contributed by atoms with Crippen LogP contribution in [-0.4, -0.2) is 50.6 Å². The van der Waals surface area contributed by atoms with Crippen LogP contribution in [0, 0.1) is 0 Å². The van der Waals surface area contributed by atoms with Gasteiger partial charge in [-0.05, 0) is 31.0 Å². The van der Waals surface area contributed by atoms with E-state index >= 15 is 0 Å². The summed E-state index contributed by atoms with van der Waals surface area (Å²) in [5, 5.41) is 14.7. The number of hydrogen-bond acceptors (Lipinski definition) is 7. The molecular formula is C24H30ClNO6. The van der Waals surface area contributed by atoms with Gasteiger partial charge in [0.1, 0.15) is 17.6 Å². The van der Waals surface area contributed by atoms with Gasteiger partial charge in [0, 0.05) is 23.4 Å². The molecule has 0 saturated carbocycles. The molecule has 32 heavy (non-hydrogen) atoms. The van der Waals surface area contributed by atoms with Crippen molar-refractivity contribution < 1.29 is 28.5 Å². The number of rotatable bonds is 12. The summed E-state index contributed by atoms with van der Waals surface area (Å²) in [6.07, 6.45) is 2.24. The second kappa shape index (κ2) is 13.1. The molecule has 2 atom stereocenters. The van der Waals surface area contributed by atoms with Gasteiger partial charge in [-0.3, -0.25) is 0 Å². The molecule has 0 amide bonds. The van der Waals surface area contributed by atoms with Crippen LogP contribution in [0.4, 0.5) is 0 Å². The molecule has 0 aliphatic rings. The number of fused-ring (bicyclic) bond motifs is 1. The minimum absolute atomic E-state index is 0. The zero-order chi connectivity index (χ0) is 22.1. The number of methoxy groups -OCH3 is 1. The number of aliphatic hydroxyl groups is 1. The molecule has 2 N–H and O–H groups in total. The number of carbonyl (C=O) groups excluding carboxylic acids is 1. The lowest BCUT2D eigenvalue weighted by Gasteiger charge is -2.20. The Balaban J connectivity index is 0.00000363. The maximum atomic E-state index is 11.2. The van der Waals surface area contributed by atoms with Crippen molar-refractivity contribution in [1.29, 1.82) is 0 Å². The Morgan fingerprint density at radius 2 is 1.91 bits per heavy atom. The maximum absolute atomic E-state index is 11.2. The van der Waals surface area contributed by atoms with E-state index in [0.29, 0.717) is 12.3 Å². The fourth-order valence-corrected chi connectivity index (χ4v) is 3.34. The summed E-state index contributed by atoms with van der Waals surface area (Å²) >= 11 is 0. The van der Waals surface area contributed by atoms with Crippen LogP contribution in [0.3, 0.4) is 0 Å². The molecule has 8 heteroatoms. The highest BCUT2D eigenvalue weighted by atomic mass is 35.5. The lowest BCUT2D eigenvalue weighted by molar-refractivity contribution is -0.142. The fraction of sp³-hybridized carbons (Fsp3) is 0.375. The third-order valence-electron chi connectivity index (χ3n) is 4.94. The number of hydrogen-bond donors (Lipinski definition) is 2. The fourth-order valence-electron chi connectivity index (χ4n) is 3.34. The van der Waals surface area contributed by atoms with Gasteiger partial charge in [0.05, 0.1) is 26.6 Å². The number of esters is 1. The molecule has 0 saturated heterocycles. The average Bonchev–Trinajstić information content (AvgIpc) is 3.22. The van der Waals surface area contributed by atoms with E-state index in [1.807, 2.05) is 48.5 Å². The zero-order valence-electron chi connectivity index (χ0n) is 18.3. The monoisotopic (exact) mass is 463 g/mol. The number of halogens is 1. The summed E-state index contributed by atoms with van der Waals surface area (Å²) in [5.74, 6) is 0.969. The highest BCUT2D eigenvalue weighted by Gasteiger charge is 2.20. The van der Waals surface area contributed by atoms with E-state index in [9.17, 15) is 9.90 Å². The molecule has 3 aromatic rings. The number of benzene rings is 2. The van der Waals surface area contributed by atoms with Crippen molar-refractivity contribution in [3.63, 3.8) is 0 Å². The van der Waals surface area contributed by atoms with Crippen LogP contribution in [0.15, 0.2) is 59.2 Å². The third-order valence-corrected chi connectivity index (χ3v) is 4.94. The molecular weight excluding hydrogens is 434 g/mol. The van der Waals surface area contributed by atoms with Crippen molar-refractivity contribution >= 4 is 29.1 Å². The minimum atomic E-state index is -0.413. The average molecular weight is 464 g/mol. The Hall–Kier alpha value is -2.58. The van der Waals surface area contributed by atoms with Crippen LogP contribution >= 0.6 is 12.4 Å². The Morgan fingerprint density at radius 1 is 1.16 bits per heavy atom. The number of furan rings is 1. The predicted molar refractivity (Wildman–Crippen MR) is 124 cm³/mol. The van der Waals surface area contributed by atoms with Crippen LogP contribution in [0.1, 0.15) is 24.4 Å². The van der Waals surface area contributed by atoms with Crippen molar-refractivity contribution in [3.05, 3.63) is 66.1 Å². The molecule has 2 unspecified atom stereocenters. The van der Waals surface area contributed by atoms with E-state index in [1.165, 1.54) is 7.11 Å². The molecule has 7 nitrogen and oxygen atoms in total. The molecule has 0 aliphatic carbocycles. The predicted octanol–water partition coefficient (Wildman–Crippen LogP) is 3.68. The second-order valence-electron chi connectivity index (χ2n) is 7.29. The smallest absolute Gasteiger partial charge is 0.343 e. The Kier molecular flexibility index (Phi) is 10.5. The molecule has 3 rings (SSSR count). The van der Waals surface area contributed by atoms with Crippen LogP contribution in [0.5, 0.6) is 5.75 Å². The zero-order valence-corrected chi connectivity index (χ0v) is 19.1. The summed E-state index contributed by atoms with van der Waals surface area (Å²) in [6.45, 7) is 2.74. The maximum Gasteiger partial charge on any atom is 0.343 e. The van der Waals surface area contributed by atoms with Gasteiger partial charge >= 0.3 is 5.97 Å². The van der Waals surface area contributed by atoms with E-state index in [1.54, 1.807) is 6.26 Å². The van der Waals surface area contributed by atoms with E-state index in [4.69, 9.17) is 13.9 Å². The molecule has 0 radical (unpaired) electrons. The largest absolute Gasteiger partial charge is 0.482 e. The molecule has 0 fully saturated rings. The normalized spacial score (nSPS) is 12.7. The number of aliphatic hydroxyl groups excluding tert-OH is 1. The van der Waals surface area contributed by atoms with Gasteiger partial charge in [-0.1, -0.05) is 36.4 Å². The van der Waals surface area contributed by atoms with Gasteiger partial charge in [0.15, 0.2) is 6.61 Å². The van der Waals surface area contributed by atoms with E-state index < -0.39 is 5.97 Å². The first-order chi connectivity index (χ1) is 15.1. The third kappa shape index (κ3) is 7.24. The Morgan fingerprint density at radius 3 is 2.62 bits per heavy atom. The van der Waals surface area contributed by atoms with Crippen LogP contribution in [0.2, 0.25) is 0 Å². The van der Waals surface area contributed by atoms with Gasteiger partial charge in [-0.25, -0.2) is 4.79 Å². The van der Waals surface area contributed by atoms with Gasteiger partial charge in [-0.2, -0.15) is 0 Å². The van der Waals surface area contributed by atoms with Crippen LogP contribution < -0.4 is 10.1 Å². The first-order valence-electron chi connectivity index (χ1n) is 10.3. The second-order valence-corrected chi connectivity index (χ2v) is 7.29. The van der Waals surface area contributed by atoms with Crippen molar-refractivity contribution in [1.82, 2.24) is 5.32 Å². The summed E-state index contributed by atoms with van der Waals surface area (Å²) in [5.41, 5.74) is 1.14. The number of carbonyl (C=O) groups is 1. The van der Waals surface area contributed by atoms with Gasteiger partial charge in [0.2, 0.25) is 0 Å². The molecule has 0 spiro atoms. The molecule has 1 heterocycles. The first-order valence-corrected chi connectivity index (χ1v) is 10.3. The summed E-state index contributed by atoms with van der Waals surface area (Å²) in [4.78, 5) is 11.2. The van der Waals surface area contributed by atoms with E-state index in [0.717, 1.165) is 28.5 Å². The lowest BCUT2D eigenvalue weighted by Crippen LogP contribution is -2.33. The highest BCUT2D eigenvalue weighted by molar-refractivity contribution is 5.85. The first kappa shape index (κ1) is 25.7. The van der Waals surface area contributed by atoms with Crippen LogP contribution in [-0.2, 0) is 20.7 Å². The molecule has 0 bridgehead atoms. The quantitative estimate of drug-likeness (QED) is 0.396.